The van der Waals surface area contributed by atoms with E-state index < -0.39 is 6.04 Å². The predicted molar refractivity (Wildman–Crippen MR) is 130 cm³/mol. The monoisotopic (exact) mass is 456 g/mol. The van der Waals surface area contributed by atoms with Crippen LogP contribution in [0, 0.1) is 0 Å². The molecule has 0 radical (unpaired) electrons. The fraction of sp³-hybridized carbons (Fsp3) is 0.231. The number of fused-ring (bicyclic) bond motifs is 1. The number of carbonyl (C=O) groups is 2. The summed E-state index contributed by atoms with van der Waals surface area (Å²) in [5, 5.41) is 10.7. The molecule has 0 saturated heterocycles. The minimum Gasteiger partial charge on any atom is -0.351 e. The Kier molecular flexibility index (Phi) is 6.13. The number of amides is 2. The maximum atomic E-state index is 13.9. The highest BCUT2D eigenvalue weighted by Crippen LogP contribution is 2.35. The summed E-state index contributed by atoms with van der Waals surface area (Å²) < 4.78 is 3.89. The van der Waals surface area contributed by atoms with Gasteiger partial charge in [-0.2, -0.15) is 0 Å². The van der Waals surface area contributed by atoms with Gasteiger partial charge in [0.1, 0.15) is 6.04 Å². The summed E-state index contributed by atoms with van der Waals surface area (Å²) in [6.07, 6.45) is 4.14. The lowest BCUT2D eigenvalue weighted by Gasteiger charge is -2.32. The van der Waals surface area contributed by atoms with Gasteiger partial charge in [0.25, 0.3) is 5.91 Å². The van der Waals surface area contributed by atoms with Gasteiger partial charge in [-0.3, -0.25) is 14.5 Å². The lowest BCUT2D eigenvalue weighted by Crippen LogP contribution is -2.46. The fourth-order valence-corrected chi connectivity index (χ4v) is 5.00. The molecule has 166 valence electrons. The van der Waals surface area contributed by atoms with Crippen molar-refractivity contribution in [1.29, 1.82) is 0 Å². The summed E-state index contributed by atoms with van der Waals surface area (Å²) in [7, 11) is 0. The van der Waals surface area contributed by atoms with Crippen LogP contribution in [-0.4, -0.2) is 27.4 Å². The van der Waals surface area contributed by atoms with Gasteiger partial charge in [-0.1, -0.05) is 84.1 Å². The summed E-state index contributed by atoms with van der Waals surface area (Å²) in [5.41, 5.74) is 1.64. The van der Waals surface area contributed by atoms with Crippen molar-refractivity contribution in [3.05, 3.63) is 89.4 Å². The lowest BCUT2D eigenvalue weighted by atomic mass is 10.00. The third-order valence-corrected chi connectivity index (χ3v) is 6.65. The van der Waals surface area contributed by atoms with E-state index >= 15 is 0 Å². The average molecular weight is 457 g/mol. The number of rotatable bonds is 6. The minimum absolute atomic E-state index is 0.133. The molecule has 1 saturated carbocycles. The molecular weight excluding hydrogens is 432 g/mol. The van der Waals surface area contributed by atoms with E-state index in [-0.39, 0.29) is 23.6 Å². The fourth-order valence-electron chi connectivity index (χ4n) is 4.57. The molecule has 1 aliphatic rings. The zero-order chi connectivity index (χ0) is 22.6. The molecule has 0 spiro atoms. The first-order valence-electron chi connectivity index (χ1n) is 11.2. The van der Waals surface area contributed by atoms with Crippen LogP contribution in [0.5, 0.6) is 0 Å². The van der Waals surface area contributed by atoms with Crippen LogP contribution in [0.3, 0.4) is 0 Å². The molecule has 6 nitrogen and oxygen atoms in total. The molecule has 1 fully saturated rings. The Balaban J connectivity index is 1.67. The lowest BCUT2D eigenvalue weighted by molar-refractivity contribution is -0.123. The van der Waals surface area contributed by atoms with E-state index in [0.29, 0.717) is 5.69 Å². The maximum Gasteiger partial charge on any atom is 0.280 e. The Morgan fingerprint density at radius 1 is 0.939 bits per heavy atom. The number of aromatic nitrogens is 2. The molecule has 4 aromatic rings. The second kappa shape index (κ2) is 9.50. The van der Waals surface area contributed by atoms with Crippen molar-refractivity contribution in [3.8, 4) is 0 Å². The van der Waals surface area contributed by atoms with Gasteiger partial charge < -0.3 is 5.32 Å². The van der Waals surface area contributed by atoms with Crippen LogP contribution >= 0.6 is 11.5 Å². The Hall–Kier alpha value is -3.58. The molecular formula is C26H24N4O2S. The first kappa shape index (κ1) is 21.3. The van der Waals surface area contributed by atoms with E-state index in [1.807, 2.05) is 72.8 Å². The van der Waals surface area contributed by atoms with Gasteiger partial charge >= 0.3 is 0 Å². The quantitative estimate of drug-likeness (QED) is 0.436. The number of nitrogens with zero attached hydrogens (tertiary/aromatic N) is 3. The summed E-state index contributed by atoms with van der Waals surface area (Å²) in [6.45, 7) is 0. The summed E-state index contributed by atoms with van der Waals surface area (Å²) in [4.78, 5) is 29.2. The molecule has 1 unspecified atom stereocenters. The first-order valence-corrected chi connectivity index (χ1v) is 12.0. The zero-order valence-corrected chi connectivity index (χ0v) is 18.9. The molecule has 1 heterocycles. The van der Waals surface area contributed by atoms with E-state index in [4.69, 9.17) is 0 Å². The topological polar surface area (TPSA) is 75.2 Å². The van der Waals surface area contributed by atoms with Gasteiger partial charge in [0.2, 0.25) is 5.91 Å². The Morgan fingerprint density at radius 2 is 1.67 bits per heavy atom. The highest BCUT2D eigenvalue weighted by molar-refractivity contribution is 7.03. The Bertz CT molecular complexity index is 1250. The first-order chi connectivity index (χ1) is 16.2. The molecule has 7 heteroatoms. The second-order valence-corrected chi connectivity index (χ2v) is 8.88. The predicted octanol–water partition coefficient (Wildman–Crippen LogP) is 5.14. The van der Waals surface area contributed by atoms with Gasteiger partial charge in [-0.05, 0) is 41.4 Å². The molecule has 1 aromatic heterocycles. The van der Waals surface area contributed by atoms with Gasteiger partial charge in [0.15, 0.2) is 5.69 Å². The molecule has 3 aromatic carbocycles. The largest absolute Gasteiger partial charge is 0.351 e. The standard InChI is InChI=1S/C26H24N4O2S/c31-25(27-20-13-5-6-14-20)24(19-10-2-1-3-11-19)30(26(32)22-17-33-29-28-22)23-16-8-12-18-9-4-7-15-21(18)23/h1-4,7-12,15-17,20,24H,5-6,13-14H2,(H,27,31). The Labute approximate surface area is 196 Å². The number of anilines is 1. The maximum absolute atomic E-state index is 13.9. The van der Waals surface area contributed by atoms with Crippen LogP contribution in [0.1, 0.15) is 47.8 Å². The van der Waals surface area contributed by atoms with E-state index in [1.54, 1.807) is 10.3 Å². The van der Waals surface area contributed by atoms with Crippen molar-refractivity contribution in [3.63, 3.8) is 0 Å². The summed E-state index contributed by atoms with van der Waals surface area (Å²) >= 11 is 1.12. The second-order valence-electron chi connectivity index (χ2n) is 8.27. The van der Waals surface area contributed by atoms with Crippen LogP contribution < -0.4 is 10.2 Å². The van der Waals surface area contributed by atoms with Crippen molar-refractivity contribution in [2.24, 2.45) is 0 Å². The van der Waals surface area contributed by atoms with E-state index in [1.165, 1.54) is 0 Å². The molecule has 1 N–H and O–H groups in total. The van der Waals surface area contributed by atoms with Gasteiger partial charge in [0, 0.05) is 16.8 Å². The SMILES string of the molecule is O=C(NC1CCCC1)C(c1ccccc1)N(C(=O)c1csnn1)c1cccc2ccccc12. The highest BCUT2D eigenvalue weighted by atomic mass is 32.1. The molecule has 1 atom stereocenters. The Morgan fingerprint density at radius 3 is 2.42 bits per heavy atom. The van der Waals surface area contributed by atoms with Crippen LogP contribution in [0.2, 0.25) is 0 Å². The van der Waals surface area contributed by atoms with Crippen LogP contribution in [0.25, 0.3) is 10.8 Å². The molecule has 2 amide bonds. The molecule has 5 rings (SSSR count). The van der Waals surface area contributed by atoms with Crippen molar-refractivity contribution in [2.75, 3.05) is 4.90 Å². The van der Waals surface area contributed by atoms with Crippen LogP contribution in [-0.2, 0) is 4.79 Å². The van der Waals surface area contributed by atoms with Crippen molar-refractivity contribution in [2.45, 2.75) is 37.8 Å². The van der Waals surface area contributed by atoms with E-state index in [0.717, 1.165) is 53.6 Å². The normalized spacial score (nSPS) is 14.8. The van der Waals surface area contributed by atoms with Crippen LogP contribution in [0.15, 0.2) is 78.2 Å². The van der Waals surface area contributed by atoms with E-state index in [2.05, 4.69) is 14.9 Å². The average Bonchev–Trinajstić information content (AvgIpc) is 3.57. The third kappa shape index (κ3) is 4.36. The third-order valence-electron chi connectivity index (χ3n) is 6.15. The number of carbonyl (C=O) groups excluding carboxylic acids is 2. The van der Waals surface area contributed by atoms with Crippen molar-refractivity contribution >= 4 is 39.8 Å². The van der Waals surface area contributed by atoms with Gasteiger partial charge in [0.05, 0.1) is 5.69 Å². The highest BCUT2D eigenvalue weighted by Gasteiger charge is 2.36. The van der Waals surface area contributed by atoms with Gasteiger partial charge in [-0.15, -0.1) is 5.10 Å². The summed E-state index contributed by atoms with van der Waals surface area (Å²) in [6, 6.07) is 22.4. The molecule has 0 aliphatic heterocycles. The zero-order valence-electron chi connectivity index (χ0n) is 18.1. The van der Waals surface area contributed by atoms with Gasteiger partial charge in [-0.25, -0.2) is 0 Å². The summed E-state index contributed by atoms with van der Waals surface area (Å²) in [5.74, 6) is -0.534. The van der Waals surface area contributed by atoms with Crippen molar-refractivity contribution < 1.29 is 9.59 Å². The van der Waals surface area contributed by atoms with Crippen molar-refractivity contribution in [1.82, 2.24) is 14.9 Å². The molecule has 1 aliphatic carbocycles. The number of benzene rings is 3. The number of hydrogen-bond donors (Lipinski definition) is 1. The minimum atomic E-state index is -0.841. The number of nitrogens with one attached hydrogen (secondary N) is 1. The van der Waals surface area contributed by atoms with Crippen LogP contribution in [0.4, 0.5) is 5.69 Å². The number of hydrogen-bond acceptors (Lipinski definition) is 5. The smallest absolute Gasteiger partial charge is 0.280 e. The molecule has 33 heavy (non-hydrogen) atoms. The molecule has 0 bridgehead atoms. The van der Waals surface area contributed by atoms with E-state index in [9.17, 15) is 9.59 Å².